The Morgan fingerprint density at radius 3 is 2.66 bits per heavy atom. The van der Waals surface area contributed by atoms with Crippen molar-refractivity contribution in [3.8, 4) is 0 Å². The smallest absolute Gasteiger partial charge is 0.274 e. The lowest BCUT2D eigenvalue weighted by molar-refractivity contribution is 0.0632. The fraction of sp³-hybridized carbons (Fsp3) is 0.333. The average molecular weight is 487 g/mol. The maximum absolute atomic E-state index is 13.5. The predicted molar refractivity (Wildman–Crippen MR) is 141 cm³/mol. The lowest BCUT2D eigenvalue weighted by Crippen LogP contribution is -2.49. The topological polar surface area (TPSA) is 74.2 Å². The van der Waals surface area contributed by atoms with E-state index >= 15 is 0 Å². The number of aromatic nitrogens is 3. The van der Waals surface area contributed by atoms with Crippen LogP contribution in [0.25, 0.3) is 10.2 Å². The Labute approximate surface area is 209 Å². The highest BCUT2D eigenvalue weighted by atomic mass is 32.1. The number of thiophene rings is 1. The molecule has 0 radical (unpaired) electrons. The van der Waals surface area contributed by atoms with Gasteiger partial charge in [0.2, 0.25) is 5.95 Å². The van der Waals surface area contributed by atoms with Crippen LogP contribution in [0.15, 0.2) is 66.3 Å². The van der Waals surface area contributed by atoms with E-state index in [4.69, 9.17) is 0 Å². The van der Waals surface area contributed by atoms with E-state index in [1.807, 2.05) is 41.6 Å². The zero-order valence-corrected chi connectivity index (χ0v) is 20.7. The molecule has 3 aromatic heterocycles. The van der Waals surface area contributed by atoms with Gasteiger partial charge in [-0.05, 0) is 54.9 Å². The summed E-state index contributed by atoms with van der Waals surface area (Å²) in [5, 5.41) is 5.31. The van der Waals surface area contributed by atoms with E-state index < -0.39 is 0 Å². The molecule has 8 heteroatoms. The van der Waals surface area contributed by atoms with Gasteiger partial charge in [-0.1, -0.05) is 36.4 Å². The van der Waals surface area contributed by atoms with E-state index in [1.165, 1.54) is 16.9 Å². The van der Waals surface area contributed by atoms with Crippen LogP contribution in [0.3, 0.4) is 0 Å². The van der Waals surface area contributed by atoms with Crippen molar-refractivity contribution in [3.05, 3.63) is 83.1 Å². The molecule has 7 nitrogen and oxygen atoms in total. The zero-order valence-electron chi connectivity index (χ0n) is 19.9. The summed E-state index contributed by atoms with van der Waals surface area (Å²) in [4.78, 5) is 31.4. The van der Waals surface area contributed by atoms with Gasteiger partial charge in [0.15, 0.2) is 5.69 Å². The first-order chi connectivity index (χ1) is 17.2. The standard InChI is InChI=1S/C27H30N6OS/c1-20(22-10-5-12-28-19-22)29-27-30-23-11-18-35-25(23)24(31-27)26(34)33-16-14-32(15-17-33)13-6-9-21-7-3-2-4-8-21/h2-5,7-8,10-12,18-20H,6,9,13-17H2,1H3,(H,29,30,31). The van der Waals surface area contributed by atoms with E-state index in [2.05, 4.69) is 55.5 Å². The molecule has 1 atom stereocenters. The summed E-state index contributed by atoms with van der Waals surface area (Å²) >= 11 is 1.52. The molecular formula is C27H30N6OS. The summed E-state index contributed by atoms with van der Waals surface area (Å²) in [5.74, 6) is 0.455. The number of hydrogen-bond acceptors (Lipinski definition) is 7. The van der Waals surface area contributed by atoms with E-state index in [0.29, 0.717) is 11.6 Å². The van der Waals surface area contributed by atoms with Crippen molar-refractivity contribution in [2.75, 3.05) is 38.0 Å². The molecule has 180 valence electrons. The molecule has 1 N–H and O–H groups in total. The largest absolute Gasteiger partial charge is 0.348 e. The number of piperazine rings is 1. The first kappa shape index (κ1) is 23.4. The highest BCUT2D eigenvalue weighted by Crippen LogP contribution is 2.26. The van der Waals surface area contributed by atoms with Gasteiger partial charge in [0.1, 0.15) is 0 Å². The number of anilines is 1. The molecule has 1 amide bonds. The van der Waals surface area contributed by atoms with E-state index in [0.717, 1.165) is 61.3 Å². The minimum absolute atomic E-state index is 0.0131. The highest BCUT2D eigenvalue weighted by molar-refractivity contribution is 7.17. The molecule has 4 aromatic rings. The molecule has 0 bridgehead atoms. The fourth-order valence-electron chi connectivity index (χ4n) is 4.46. The van der Waals surface area contributed by atoms with Gasteiger partial charge >= 0.3 is 0 Å². The Kier molecular flexibility index (Phi) is 7.30. The van der Waals surface area contributed by atoms with Gasteiger partial charge in [-0.3, -0.25) is 14.7 Å². The van der Waals surface area contributed by atoms with E-state index in [1.54, 1.807) is 6.20 Å². The van der Waals surface area contributed by atoms with Crippen LogP contribution in [-0.4, -0.2) is 63.4 Å². The molecule has 0 aliphatic carbocycles. The lowest BCUT2D eigenvalue weighted by Gasteiger charge is -2.34. The number of amides is 1. The molecule has 1 unspecified atom stereocenters. The van der Waals surface area contributed by atoms with Crippen molar-refractivity contribution >= 4 is 33.4 Å². The molecule has 1 aromatic carbocycles. The van der Waals surface area contributed by atoms with Gasteiger partial charge in [-0.25, -0.2) is 9.97 Å². The van der Waals surface area contributed by atoms with Crippen LogP contribution in [0.5, 0.6) is 0 Å². The van der Waals surface area contributed by atoms with Crippen LogP contribution in [0.1, 0.15) is 41.0 Å². The maximum atomic E-state index is 13.5. The van der Waals surface area contributed by atoms with Gasteiger partial charge < -0.3 is 10.2 Å². The first-order valence-corrected chi connectivity index (χ1v) is 13.0. The molecule has 1 fully saturated rings. The summed E-state index contributed by atoms with van der Waals surface area (Å²) < 4.78 is 0.847. The Bertz CT molecular complexity index is 1250. The molecule has 1 aliphatic heterocycles. The predicted octanol–water partition coefficient (Wildman–Crippen LogP) is 4.65. The number of fused-ring (bicyclic) bond motifs is 1. The minimum atomic E-state index is -0.0258. The summed E-state index contributed by atoms with van der Waals surface area (Å²) in [6.45, 7) is 6.31. The van der Waals surface area contributed by atoms with Crippen molar-refractivity contribution in [1.29, 1.82) is 0 Å². The summed E-state index contributed by atoms with van der Waals surface area (Å²) in [7, 11) is 0. The molecule has 1 aliphatic rings. The Morgan fingerprint density at radius 2 is 1.89 bits per heavy atom. The molecule has 1 saturated heterocycles. The number of pyridine rings is 1. The number of carbonyl (C=O) groups is 1. The van der Waals surface area contributed by atoms with Crippen LogP contribution in [0.2, 0.25) is 0 Å². The second-order valence-corrected chi connectivity index (χ2v) is 9.82. The molecule has 35 heavy (non-hydrogen) atoms. The van der Waals surface area contributed by atoms with Gasteiger partial charge in [-0.15, -0.1) is 11.3 Å². The van der Waals surface area contributed by atoms with Crippen molar-refractivity contribution in [3.63, 3.8) is 0 Å². The number of aryl methyl sites for hydroxylation is 1. The molecular weight excluding hydrogens is 456 g/mol. The van der Waals surface area contributed by atoms with Crippen molar-refractivity contribution in [2.24, 2.45) is 0 Å². The lowest BCUT2D eigenvalue weighted by atomic mass is 10.1. The van der Waals surface area contributed by atoms with Crippen LogP contribution in [-0.2, 0) is 6.42 Å². The van der Waals surface area contributed by atoms with Crippen LogP contribution in [0, 0.1) is 0 Å². The number of benzene rings is 1. The average Bonchev–Trinajstić information content (AvgIpc) is 3.38. The quantitative estimate of drug-likeness (QED) is 0.391. The van der Waals surface area contributed by atoms with Crippen molar-refractivity contribution < 1.29 is 4.79 Å². The van der Waals surface area contributed by atoms with Crippen molar-refractivity contribution in [1.82, 2.24) is 24.8 Å². The van der Waals surface area contributed by atoms with Gasteiger partial charge in [0.05, 0.1) is 16.3 Å². The van der Waals surface area contributed by atoms with Crippen molar-refractivity contribution in [2.45, 2.75) is 25.8 Å². The normalized spacial score (nSPS) is 15.3. The summed E-state index contributed by atoms with van der Waals surface area (Å²) in [6.07, 6.45) is 5.80. The monoisotopic (exact) mass is 486 g/mol. The van der Waals surface area contributed by atoms with Crippen LogP contribution >= 0.6 is 11.3 Å². The zero-order chi connectivity index (χ0) is 24.0. The molecule has 0 spiro atoms. The molecule has 5 rings (SSSR count). The third-order valence-corrected chi connectivity index (χ3v) is 7.39. The second-order valence-electron chi connectivity index (χ2n) is 8.91. The van der Waals surface area contributed by atoms with Gasteiger partial charge in [0.25, 0.3) is 5.91 Å². The SMILES string of the molecule is CC(Nc1nc(C(=O)N2CCN(CCCc3ccccc3)CC2)c2sccc2n1)c1cccnc1. The number of hydrogen-bond donors (Lipinski definition) is 1. The number of nitrogens with one attached hydrogen (secondary N) is 1. The Hall–Kier alpha value is -3.36. The number of nitrogens with zero attached hydrogens (tertiary/aromatic N) is 5. The van der Waals surface area contributed by atoms with Crippen LogP contribution in [0.4, 0.5) is 5.95 Å². The Balaban J connectivity index is 1.22. The number of rotatable bonds is 8. The second kappa shape index (κ2) is 10.9. The third-order valence-electron chi connectivity index (χ3n) is 6.48. The first-order valence-electron chi connectivity index (χ1n) is 12.1. The Morgan fingerprint density at radius 1 is 1.06 bits per heavy atom. The summed E-state index contributed by atoms with van der Waals surface area (Å²) in [6, 6.07) is 16.5. The number of carbonyl (C=O) groups excluding carboxylic acids is 1. The molecule has 4 heterocycles. The third kappa shape index (κ3) is 5.66. The van der Waals surface area contributed by atoms with E-state index in [9.17, 15) is 4.79 Å². The van der Waals surface area contributed by atoms with E-state index in [-0.39, 0.29) is 11.9 Å². The molecule has 0 saturated carbocycles. The highest BCUT2D eigenvalue weighted by Gasteiger charge is 2.26. The maximum Gasteiger partial charge on any atom is 0.274 e. The van der Waals surface area contributed by atoms with Gasteiger partial charge in [0, 0.05) is 38.6 Å². The minimum Gasteiger partial charge on any atom is -0.348 e. The van der Waals surface area contributed by atoms with Gasteiger partial charge in [-0.2, -0.15) is 0 Å². The van der Waals surface area contributed by atoms with Crippen LogP contribution < -0.4 is 5.32 Å². The summed E-state index contributed by atoms with van der Waals surface area (Å²) in [5.41, 5.74) is 3.71. The fourth-order valence-corrected chi connectivity index (χ4v) is 5.27.